The van der Waals surface area contributed by atoms with Gasteiger partial charge < -0.3 is 4.74 Å². The van der Waals surface area contributed by atoms with Gasteiger partial charge in [0, 0.05) is 18.2 Å². The van der Waals surface area contributed by atoms with E-state index in [9.17, 15) is 18.4 Å². The first-order valence-corrected chi connectivity index (χ1v) is 4.94. The zero-order chi connectivity index (χ0) is 12.4. The second-order valence-electron chi connectivity index (χ2n) is 3.73. The molecule has 0 amide bonds. The Morgan fingerprint density at radius 1 is 1.18 bits per heavy atom. The number of carbonyl (C=O) groups excluding carboxylic acids is 2. The van der Waals surface area contributed by atoms with E-state index in [1.54, 1.807) is 0 Å². The molecule has 0 aliphatic carbocycles. The highest BCUT2D eigenvalue weighted by Crippen LogP contribution is 2.13. The Balaban J connectivity index is 2.10. The number of halogens is 2. The van der Waals surface area contributed by atoms with Gasteiger partial charge in [0.1, 0.15) is 11.6 Å². The molecule has 0 unspecified atom stereocenters. The summed E-state index contributed by atoms with van der Waals surface area (Å²) in [5, 5.41) is 0. The maximum atomic E-state index is 13.3. The largest absolute Gasteiger partial charge is 0.391 e. The molecule has 1 aromatic carbocycles. The third kappa shape index (κ3) is 2.85. The lowest BCUT2D eigenvalue weighted by atomic mass is 10.2. The SMILES string of the molecule is O=C1CN(Cc2ccc(F)cc2F)CC(=O)O1. The number of nitrogens with zero attached hydrogens (tertiary/aromatic N) is 1. The molecular formula is C11H9F2NO3. The minimum atomic E-state index is -0.698. The smallest absolute Gasteiger partial charge is 0.327 e. The van der Waals surface area contributed by atoms with E-state index in [1.807, 2.05) is 0 Å². The molecule has 0 radical (unpaired) electrons. The lowest BCUT2D eigenvalue weighted by Gasteiger charge is -2.24. The van der Waals surface area contributed by atoms with Crippen molar-refractivity contribution in [1.29, 1.82) is 0 Å². The summed E-state index contributed by atoms with van der Waals surface area (Å²) in [4.78, 5) is 23.4. The Hall–Kier alpha value is -1.82. The molecule has 4 nitrogen and oxygen atoms in total. The number of benzene rings is 1. The molecule has 6 heteroatoms. The molecule has 17 heavy (non-hydrogen) atoms. The van der Waals surface area contributed by atoms with Crippen molar-refractivity contribution >= 4 is 11.9 Å². The standard InChI is InChI=1S/C11H9F2NO3/c12-8-2-1-7(9(13)3-8)4-14-5-10(15)17-11(16)6-14/h1-3H,4-6H2. The van der Waals surface area contributed by atoms with Crippen molar-refractivity contribution in [2.75, 3.05) is 13.1 Å². The second kappa shape index (κ2) is 4.58. The van der Waals surface area contributed by atoms with Crippen LogP contribution in [-0.2, 0) is 20.9 Å². The predicted molar refractivity (Wildman–Crippen MR) is 52.7 cm³/mol. The van der Waals surface area contributed by atoms with Gasteiger partial charge in [0.15, 0.2) is 0 Å². The van der Waals surface area contributed by atoms with Crippen LogP contribution < -0.4 is 0 Å². The monoisotopic (exact) mass is 241 g/mol. The Morgan fingerprint density at radius 2 is 1.82 bits per heavy atom. The number of ether oxygens (including phenoxy) is 1. The van der Waals surface area contributed by atoms with Gasteiger partial charge in [-0.05, 0) is 6.07 Å². The maximum absolute atomic E-state index is 13.3. The highest BCUT2D eigenvalue weighted by atomic mass is 19.1. The first-order chi connectivity index (χ1) is 8.04. The molecule has 2 rings (SSSR count). The molecule has 0 atom stereocenters. The topological polar surface area (TPSA) is 46.6 Å². The van der Waals surface area contributed by atoms with Crippen LogP contribution in [0.1, 0.15) is 5.56 Å². The first kappa shape index (κ1) is 11.7. The molecular weight excluding hydrogens is 232 g/mol. The molecule has 90 valence electrons. The van der Waals surface area contributed by atoms with Crippen LogP contribution in [0, 0.1) is 11.6 Å². The summed E-state index contributed by atoms with van der Waals surface area (Å²) in [7, 11) is 0. The Labute approximate surface area is 95.8 Å². The van der Waals surface area contributed by atoms with E-state index in [0.29, 0.717) is 0 Å². The number of cyclic esters (lactones) is 2. The summed E-state index contributed by atoms with van der Waals surface area (Å²) in [6.45, 7) is -0.0991. The fraction of sp³-hybridized carbons (Fsp3) is 0.273. The van der Waals surface area contributed by atoms with Crippen LogP contribution in [0.4, 0.5) is 8.78 Å². The highest BCUT2D eigenvalue weighted by molar-refractivity contribution is 5.90. The lowest BCUT2D eigenvalue weighted by Crippen LogP contribution is -2.42. The van der Waals surface area contributed by atoms with Crippen molar-refractivity contribution in [3.63, 3.8) is 0 Å². The number of hydrogen-bond donors (Lipinski definition) is 0. The van der Waals surface area contributed by atoms with Crippen LogP contribution >= 0.6 is 0 Å². The average Bonchev–Trinajstić information content (AvgIpc) is 2.21. The molecule has 1 fully saturated rings. The van der Waals surface area contributed by atoms with Crippen molar-refractivity contribution in [3.8, 4) is 0 Å². The zero-order valence-electron chi connectivity index (χ0n) is 8.78. The summed E-state index contributed by atoms with van der Waals surface area (Å²) in [5.41, 5.74) is 0.230. The van der Waals surface area contributed by atoms with E-state index in [1.165, 1.54) is 11.0 Å². The van der Waals surface area contributed by atoms with Gasteiger partial charge in [0.25, 0.3) is 0 Å². The van der Waals surface area contributed by atoms with Crippen LogP contribution in [0.25, 0.3) is 0 Å². The van der Waals surface area contributed by atoms with E-state index in [2.05, 4.69) is 4.74 Å². The van der Waals surface area contributed by atoms with Crippen LogP contribution in [0.15, 0.2) is 18.2 Å². The molecule has 0 saturated carbocycles. The zero-order valence-corrected chi connectivity index (χ0v) is 8.78. The summed E-state index contributed by atoms with van der Waals surface area (Å²) in [6, 6.07) is 3.18. The first-order valence-electron chi connectivity index (χ1n) is 4.94. The number of rotatable bonds is 2. The summed E-state index contributed by atoms with van der Waals surface area (Å²) < 4.78 is 30.3. The number of carbonyl (C=O) groups is 2. The maximum Gasteiger partial charge on any atom is 0.327 e. The summed E-state index contributed by atoms with van der Waals surface area (Å²) in [6.07, 6.45) is 0. The Bertz CT molecular complexity index is 460. The molecule has 1 saturated heterocycles. The summed E-state index contributed by atoms with van der Waals surface area (Å²) in [5.74, 6) is -2.69. The van der Waals surface area contributed by atoms with Crippen molar-refractivity contribution in [1.82, 2.24) is 4.90 Å². The third-order valence-electron chi connectivity index (χ3n) is 2.34. The number of morpholine rings is 1. The quantitative estimate of drug-likeness (QED) is 0.569. The Kier molecular flexibility index (Phi) is 3.14. The van der Waals surface area contributed by atoms with Crippen LogP contribution in [0.5, 0.6) is 0 Å². The predicted octanol–water partition coefficient (Wildman–Crippen LogP) is 0.850. The van der Waals surface area contributed by atoms with E-state index in [-0.39, 0.29) is 25.2 Å². The fourth-order valence-corrected chi connectivity index (χ4v) is 1.62. The molecule has 1 heterocycles. The van der Waals surface area contributed by atoms with Gasteiger partial charge in [-0.25, -0.2) is 8.78 Å². The van der Waals surface area contributed by atoms with Gasteiger partial charge in [-0.1, -0.05) is 6.07 Å². The van der Waals surface area contributed by atoms with Crippen molar-refractivity contribution in [2.45, 2.75) is 6.54 Å². The average molecular weight is 241 g/mol. The van der Waals surface area contributed by atoms with Crippen molar-refractivity contribution < 1.29 is 23.1 Å². The molecule has 1 aromatic rings. The number of hydrogen-bond acceptors (Lipinski definition) is 4. The van der Waals surface area contributed by atoms with Gasteiger partial charge in [-0.15, -0.1) is 0 Å². The van der Waals surface area contributed by atoms with E-state index in [4.69, 9.17) is 0 Å². The lowest BCUT2D eigenvalue weighted by molar-refractivity contribution is -0.167. The molecule has 1 aliphatic heterocycles. The Morgan fingerprint density at radius 3 is 2.41 bits per heavy atom. The van der Waals surface area contributed by atoms with Crippen LogP contribution in [0.3, 0.4) is 0 Å². The van der Waals surface area contributed by atoms with Crippen molar-refractivity contribution in [3.05, 3.63) is 35.4 Å². The molecule has 1 aliphatic rings. The van der Waals surface area contributed by atoms with Gasteiger partial charge in [-0.2, -0.15) is 0 Å². The van der Waals surface area contributed by atoms with Gasteiger partial charge in [0.05, 0.1) is 13.1 Å². The normalized spacial score (nSPS) is 17.1. The number of esters is 2. The van der Waals surface area contributed by atoms with E-state index < -0.39 is 23.6 Å². The third-order valence-corrected chi connectivity index (χ3v) is 2.34. The molecule has 0 aromatic heterocycles. The summed E-state index contributed by atoms with van der Waals surface area (Å²) >= 11 is 0. The molecule has 0 spiro atoms. The minimum Gasteiger partial charge on any atom is -0.391 e. The van der Waals surface area contributed by atoms with Crippen LogP contribution in [-0.4, -0.2) is 29.9 Å². The van der Waals surface area contributed by atoms with Gasteiger partial charge >= 0.3 is 11.9 Å². The van der Waals surface area contributed by atoms with Crippen molar-refractivity contribution in [2.24, 2.45) is 0 Å². The van der Waals surface area contributed by atoms with Gasteiger partial charge in [0.2, 0.25) is 0 Å². The fourth-order valence-electron chi connectivity index (χ4n) is 1.62. The highest BCUT2D eigenvalue weighted by Gasteiger charge is 2.25. The van der Waals surface area contributed by atoms with Gasteiger partial charge in [-0.3, -0.25) is 14.5 Å². The van der Waals surface area contributed by atoms with E-state index >= 15 is 0 Å². The molecule has 0 N–H and O–H groups in total. The van der Waals surface area contributed by atoms with E-state index in [0.717, 1.165) is 12.1 Å². The van der Waals surface area contributed by atoms with Crippen LogP contribution in [0.2, 0.25) is 0 Å². The minimum absolute atomic E-state index is 0.0625. The second-order valence-corrected chi connectivity index (χ2v) is 3.73. The molecule has 0 bridgehead atoms.